The number of nitrogens with one attached hydrogen (secondary N) is 1. The minimum absolute atomic E-state index is 0.413. The lowest BCUT2D eigenvalue weighted by Gasteiger charge is -2.20. The van der Waals surface area contributed by atoms with Crippen molar-refractivity contribution >= 4 is 17.6 Å². The quantitative estimate of drug-likeness (QED) is 0.855. The molecule has 0 aliphatic heterocycles. The minimum atomic E-state index is -0.664. The Morgan fingerprint density at radius 2 is 1.91 bits per heavy atom. The Labute approximate surface area is 135 Å². The van der Waals surface area contributed by atoms with Crippen LogP contribution in [0.4, 0.5) is 5.82 Å². The van der Waals surface area contributed by atoms with Gasteiger partial charge in [-0.15, -0.1) is 0 Å². The van der Waals surface area contributed by atoms with Crippen LogP contribution < -0.4 is 5.32 Å². The molecule has 0 saturated heterocycles. The van der Waals surface area contributed by atoms with Crippen molar-refractivity contribution in [2.24, 2.45) is 0 Å². The van der Waals surface area contributed by atoms with Crippen molar-refractivity contribution in [2.45, 2.75) is 20.3 Å². The lowest BCUT2D eigenvalue weighted by atomic mass is 10.2. The third kappa shape index (κ3) is 4.60. The molecule has 0 aromatic carbocycles. The molecule has 0 spiro atoms. The highest BCUT2D eigenvalue weighted by atomic mass is 16.2. The first kappa shape index (κ1) is 16.6. The number of carbonyl (C=O) groups is 2. The van der Waals surface area contributed by atoms with E-state index in [1.54, 1.807) is 24.7 Å². The van der Waals surface area contributed by atoms with Crippen molar-refractivity contribution in [1.29, 1.82) is 0 Å². The molecule has 0 atom stereocenters. The SMILES string of the molecule is CCN(CCc1ccncc1)C(=O)C(=O)Nc1ncccc1C. The van der Waals surface area contributed by atoms with Crippen molar-refractivity contribution < 1.29 is 9.59 Å². The van der Waals surface area contributed by atoms with Crippen molar-refractivity contribution in [2.75, 3.05) is 18.4 Å². The third-order valence-electron chi connectivity index (χ3n) is 3.52. The van der Waals surface area contributed by atoms with Crippen LogP contribution in [0.3, 0.4) is 0 Å². The molecule has 2 aromatic heterocycles. The average Bonchev–Trinajstić information content (AvgIpc) is 2.58. The topological polar surface area (TPSA) is 75.2 Å². The van der Waals surface area contributed by atoms with E-state index < -0.39 is 11.8 Å². The van der Waals surface area contributed by atoms with Gasteiger partial charge in [0.25, 0.3) is 0 Å². The van der Waals surface area contributed by atoms with Gasteiger partial charge in [-0.1, -0.05) is 6.07 Å². The summed E-state index contributed by atoms with van der Waals surface area (Å²) in [7, 11) is 0. The molecule has 2 aromatic rings. The Hall–Kier alpha value is -2.76. The van der Waals surface area contributed by atoms with Crippen LogP contribution in [0, 0.1) is 6.92 Å². The summed E-state index contributed by atoms with van der Waals surface area (Å²) < 4.78 is 0. The summed E-state index contributed by atoms with van der Waals surface area (Å²) in [6.45, 7) is 4.63. The molecule has 6 nitrogen and oxygen atoms in total. The van der Waals surface area contributed by atoms with Gasteiger partial charge in [0.15, 0.2) is 0 Å². The highest BCUT2D eigenvalue weighted by molar-refractivity contribution is 6.39. The standard InChI is InChI=1S/C17H20N4O2/c1-3-21(12-8-14-6-10-18-11-7-14)17(23)16(22)20-15-13(2)5-4-9-19-15/h4-7,9-11H,3,8,12H2,1-2H3,(H,19,20,22). The highest BCUT2D eigenvalue weighted by Crippen LogP contribution is 2.09. The van der Waals surface area contributed by atoms with Crippen LogP contribution in [0.5, 0.6) is 0 Å². The predicted octanol–water partition coefficient (Wildman–Crippen LogP) is 1.81. The first-order chi connectivity index (χ1) is 11.1. The van der Waals surface area contributed by atoms with E-state index in [9.17, 15) is 9.59 Å². The van der Waals surface area contributed by atoms with Crippen LogP contribution in [-0.4, -0.2) is 39.8 Å². The molecule has 120 valence electrons. The molecule has 2 heterocycles. The number of pyridine rings is 2. The Kier molecular flexibility index (Phi) is 5.80. The maximum Gasteiger partial charge on any atom is 0.315 e. The maximum absolute atomic E-state index is 12.3. The summed E-state index contributed by atoms with van der Waals surface area (Å²) in [6, 6.07) is 7.40. The van der Waals surface area contributed by atoms with E-state index in [1.165, 1.54) is 4.90 Å². The van der Waals surface area contributed by atoms with Crippen LogP contribution in [0.15, 0.2) is 42.9 Å². The Morgan fingerprint density at radius 3 is 2.57 bits per heavy atom. The van der Waals surface area contributed by atoms with E-state index in [1.807, 2.05) is 32.0 Å². The summed E-state index contributed by atoms with van der Waals surface area (Å²) >= 11 is 0. The van der Waals surface area contributed by atoms with Gasteiger partial charge in [-0.25, -0.2) is 4.98 Å². The largest absolute Gasteiger partial charge is 0.334 e. The normalized spacial score (nSPS) is 10.2. The monoisotopic (exact) mass is 312 g/mol. The molecule has 6 heteroatoms. The molecule has 0 bridgehead atoms. The zero-order chi connectivity index (χ0) is 16.7. The van der Waals surface area contributed by atoms with Crippen molar-refractivity contribution in [1.82, 2.24) is 14.9 Å². The molecular formula is C17H20N4O2. The van der Waals surface area contributed by atoms with Gasteiger partial charge in [0.1, 0.15) is 5.82 Å². The van der Waals surface area contributed by atoms with Gasteiger partial charge < -0.3 is 10.2 Å². The van der Waals surface area contributed by atoms with E-state index in [-0.39, 0.29) is 0 Å². The molecular weight excluding hydrogens is 292 g/mol. The second-order valence-electron chi connectivity index (χ2n) is 5.11. The summed E-state index contributed by atoms with van der Waals surface area (Å²) in [5.41, 5.74) is 1.89. The number of aryl methyl sites for hydroxylation is 1. The molecule has 0 radical (unpaired) electrons. The summed E-state index contributed by atoms with van der Waals surface area (Å²) in [4.78, 5) is 34.0. The van der Waals surface area contributed by atoms with E-state index in [4.69, 9.17) is 0 Å². The van der Waals surface area contributed by atoms with Gasteiger partial charge in [-0.2, -0.15) is 0 Å². The van der Waals surface area contributed by atoms with Gasteiger partial charge >= 0.3 is 11.8 Å². The van der Waals surface area contributed by atoms with E-state index in [0.717, 1.165) is 11.1 Å². The van der Waals surface area contributed by atoms with Gasteiger partial charge in [-0.3, -0.25) is 14.6 Å². The number of carbonyl (C=O) groups excluding carboxylic acids is 2. The molecule has 0 aliphatic rings. The smallest absolute Gasteiger partial charge is 0.315 e. The van der Waals surface area contributed by atoms with E-state index >= 15 is 0 Å². The second kappa shape index (κ2) is 8.03. The molecule has 0 saturated carbocycles. The fraction of sp³-hybridized carbons (Fsp3) is 0.294. The molecule has 23 heavy (non-hydrogen) atoms. The Morgan fingerprint density at radius 1 is 1.17 bits per heavy atom. The third-order valence-corrected chi connectivity index (χ3v) is 3.52. The molecule has 2 amide bonds. The van der Waals surface area contributed by atoms with E-state index in [2.05, 4.69) is 15.3 Å². The molecule has 1 N–H and O–H groups in total. The minimum Gasteiger partial charge on any atom is -0.334 e. The number of aromatic nitrogens is 2. The Balaban J connectivity index is 1.96. The molecule has 0 aliphatic carbocycles. The molecule has 0 fully saturated rings. The number of anilines is 1. The molecule has 2 rings (SSSR count). The van der Waals surface area contributed by atoms with Crippen LogP contribution >= 0.6 is 0 Å². The molecule has 0 unspecified atom stereocenters. The maximum atomic E-state index is 12.3. The summed E-state index contributed by atoms with van der Waals surface area (Å²) in [5, 5.41) is 2.57. The first-order valence-electron chi connectivity index (χ1n) is 7.52. The van der Waals surface area contributed by atoms with Crippen LogP contribution in [0.2, 0.25) is 0 Å². The number of nitrogens with zero attached hydrogens (tertiary/aromatic N) is 3. The zero-order valence-electron chi connectivity index (χ0n) is 13.3. The van der Waals surface area contributed by atoms with Gasteiger partial charge in [0.05, 0.1) is 0 Å². The van der Waals surface area contributed by atoms with E-state index in [0.29, 0.717) is 25.3 Å². The van der Waals surface area contributed by atoms with Crippen LogP contribution in [0.25, 0.3) is 0 Å². The first-order valence-corrected chi connectivity index (χ1v) is 7.52. The number of amides is 2. The van der Waals surface area contributed by atoms with Crippen molar-refractivity contribution in [3.63, 3.8) is 0 Å². The highest BCUT2D eigenvalue weighted by Gasteiger charge is 2.21. The number of hydrogen-bond donors (Lipinski definition) is 1. The lowest BCUT2D eigenvalue weighted by molar-refractivity contribution is -0.143. The van der Waals surface area contributed by atoms with Gasteiger partial charge in [0, 0.05) is 31.7 Å². The fourth-order valence-electron chi connectivity index (χ4n) is 2.14. The fourth-order valence-corrected chi connectivity index (χ4v) is 2.14. The second-order valence-corrected chi connectivity index (χ2v) is 5.11. The van der Waals surface area contributed by atoms with Crippen LogP contribution in [0.1, 0.15) is 18.1 Å². The Bertz CT molecular complexity index is 673. The van der Waals surface area contributed by atoms with Gasteiger partial charge in [0.2, 0.25) is 0 Å². The number of hydrogen-bond acceptors (Lipinski definition) is 4. The summed E-state index contributed by atoms with van der Waals surface area (Å²) in [6.07, 6.45) is 5.68. The van der Waals surface area contributed by atoms with Crippen LogP contribution in [-0.2, 0) is 16.0 Å². The number of rotatable bonds is 5. The lowest BCUT2D eigenvalue weighted by Crippen LogP contribution is -2.40. The average molecular weight is 312 g/mol. The van der Waals surface area contributed by atoms with Gasteiger partial charge in [-0.05, 0) is 49.6 Å². The summed E-state index contributed by atoms with van der Waals surface area (Å²) in [5.74, 6) is -0.800. The predicted molar refractivity (Wildman–Crippen MR) is 87.8 cm³/mol. The van der Waals surface area contributed by atoms with Crippen molar-refractivity contribution in [3.05, 3.63) is 54.0 Å². The number of likely N-dealkylation sites (N-methyl/N-ethyl adjacent to an activating group) is 1. The zero-order valence-corrected chi connectivity index (χ0v) is 13.3. The van der Waals surface area contributed by atoms with Crippen molar-refractivity contribution in [3.8, 4) is 0 Å².